The van der Waals surface area contributed by atoms with E-state index in [1.807, 2.05) is 28.2 Å². The smallest absolute Gasteiger partial charge is 0.153 e. The molecule has 1 atom stereocenters. The average Bonchev–Trinajstić information content (AvgIpc) is 2.29. The molecular weight excluding hydrogens is 190 g/mol. The fourth-order valence-electron chi connectivity index (χ4n) is 1.96. The van der Waals surface area contributed by atoms with E-state index in [1.54, 1.807) is 0 Å². The van der Waals surface area contributed by atoms with Crippen molar-refractivity contribution in [1.29, 1.82) is 0 Å². The van der Waals surface area contributed by atoms with E-state index in [0.29, 0.717) is 0 Å². The Morgan fingerprint density at radius 3 is 1.93 bits per heavy atom. The molecular formula is C10H27N5. The Balaban J connectivity index is 4.85. The van der Waals surface area contributed by atoms with E-state index < -0.39 is 0 Å². The van der Waals surface area contributed by atoms with Gasteiger partial charge in [-0.1, -0.05) is 6.92 Å². The van der Waals surface area contributed by atoms with Gasteiger partial charge in [-0.3, -0.25) is 16.1 Å². The van der Waals surface area contributed by atoms with Crippen LogP contribution in [-0.4, -0.2) is 51.6 Å². The highest BCUT2D eigenvalue weighted by molar-refractivity contribution is 4.90. The first-order chi connectivity index (χ1) is 7.12. The summed E-state index contributed by atoms with van der Waals surface area (Å²) in [4.78, 5) is 0. The Labute approximate surface area is 94.0 Å². The minimum Gasteiger partial charge on any atom is -0.313 e. The quantitative estimate of drug-likeness (QED) is 0.327. The Hall–Kier alpha value is -0.200. The maximum Gasteiger partial charge on any atom is 0.153 e. The third kappa shape index (κ3) is 3.12. The topological polar surface area (TPSA) is 51.4 Å². The van der Waals surface area contributed by atoms with Gasteiger partial charge in [-0.05, 0) is 41.5 Å². The summed E-state index contributed by atoms with van der Waals surface area (Å²) in [5.41, 5.74) is 3.23. The van der Waals surface area contributed by atoms with Crippen LogP contribution in [0.4, 0.5) is 0 Å². The van der Waals surface area contributed by atoms with Crippen LogP contribution < -0.4 is 21.4 Å². The molecule has 0 rings (SSSR count). The summed E-state index contributed by atoms with van der Waals surface area (Å²) in [6, 6.07) is 0.270. The van der Waals surface area contributed by atoms with Gasteiger partial charge in [-0.2, -0.15) is 0 Å². The highest BCUT2D eigenvalue weighted by Crippen LogP contribution is 2.10. The highest BCUT2D eigenvalue weighted by atomic mass is 15.6. The predicted molar refractivity (Wildman–Crippen MR) is 65.4 cm³/mol. The van der Waals surface area contributed by atoms with Gasteiger partial charge in [0.05, 0.1) is 6.04 Å². The van der Waals surface area contributed by atoms with Gasteiger partial charge < -0.3 is 5.32 Å². The zero-order valence-electron chi connectivity index (χ0n) is 10.9. The van der Waals surface area contributed by atoms with Gasteiger partial charge in [0, 0.05) is 6.54 Å². The van der Waals surface area contributed by atoms with Crippen LogP contribution in [0, 0.1) is 0 Å². The van der Waals surface area contributed by atoms with Crippen molar-refractivity contribution in [3.8, 4) is 0 Å². The van der Waals surface area contributed by atoms with Crippen LogP contribution in [0.3, 0.4) is 0 Å². The van der Waals surface area contributed by atoms with Crippen LogP contribution in [0.15, 0.2) is 0 Å². The van der Waals surface area contributed by atoms with Crippen LogP contribution in [0.25, 0.3) is 0 Å². The third-order valence-corrected chi connectivity index (χ3v) is 2.96. The molecule has 0 aliphatic heterocycles. The molecule has 0 saturated carbocycles. The zero-order valence-corrected chi connectivity index (χ0v) is 10.9. The molecule has 0 bridgehead atoms. The molecule has 15 heavy (non-hydrogen) atoms. The average molecular weight is 217 g/mol. The molecule has 0 heterocycles. The fourth-order valence-corrected chi connectivity index (χ4v) is 1.96. The van der Waals surface area contributed by atoms with E-state index >= 15 is 0 Å². The summed E-state index contributed by atoms with van der Waals surface area (Å²) in [5.74, 6) is -0.278. The van der Waals surface area contributed by atoms with Crippen LogP contribution in [0.5, 0.6) is 0 Å². The lowest BCUT2D eigenvalue weighted by molar-refractivity contribution is -0.0261. The van der Waals surface area contributed by atoms with Crippen LogP contribution >= 0.6 is 0 Å². The van der Waals surface area contributed by atoms with Crippen LogP contribution in [-0.2, 0) is 0 Å². The summed E-state index contributed by atoms with van der Waals surface area (Å²) in [6.45, 7) is 5.29. The molecule has 4 N–H and O–H groups in total. The molecule has 0 aliphatic rings. The second kappa shape index (κ2) is 7.14. The van der Waals surface area contributed by atoms with Gasteiger partial charge in [-0.25, -0.2) is 5.01 Å². The van der Waals surface area contributed by atoms with E-state index in [1.165, 1.54) is 0 Å². The predicted octanol–water partition coefficient (Wildman–Crippen LogP) is -0.467. The van der Waals surface area contributed by atoms with Crippen LogP contribution in [0.2, 0.25) is 0 Å². The zero-order chi connectivity index (χ0) is 11.9. The third-order valence-electron chi connectivity index (χ3n) is 2.96. The summed E-state index contributed by atoms with van der Waals surface area (Å²) >= 11 is 0. The highest BCUT2D eigenvalue weighted by Gasteiger charge is 2.37. The second-order valence-corrected chi connectivity index (χ2v) is 3.65. The maximum atomic E-state index is 3.34. The van der Waals surface area contributed by atoms with Gasteiger partial charge >= 0.3 is 0 Å². The largest absolute Gasteiger partial charge is 0.313 e. The first-order valence-electron chi connectivity index (χ1n) is 5.63. The molecule has 0 aromatic carbocycles. The number of likely N-dealkylation sites (N-methyl/N-ethyl adjacent to an activating group) is 3. The van der Waals surface area contributed by atoms with Crippen molar-refractivity contribution in [1.82, 2.24) is 26.4 Å². The molecule has 0 radical (unpaired) electrons. The molecule has 0 aliphatic carbocycles. The summed E-state index contributed by atoms with van der Waals surface area (Å²) in [7, 11) is 7.84. The molecule has 5 heteroatoms. The van der Waals surface area contributed by atoms with Crippen molar-refractivity contribution in [3.05, 3.63) is 0 Å². The van der Waals surface area contributed by atoms with E-state index in [0.717, 1.165) is 13.0 Å². The SMILES string of the molecule is CCCN(NC)C(NC)(NC)C(C)NC. The molecule has 0 fully saturated rings. The van der Waals surface area contributed by atoms with E-state index in [9.17, 15) is 0 Å². The molecule has 92 valence electrons. The molecule has 0 spiro atoms. The second-order valence-electron chi connectivity index (χ2n) is 3.65. The number of hydrogen-bond acceptors (Lipinski definition) is 5. The van der Waals surface area contributed by atoms with Gasteiger partial charge in [0.2, 0.25) is 0 Å². The number of nitrogens with one attached hydrogen (secondary N) is 4. The van der Waals surface area contributed by atoms with E-state index in [2.05, 4.69) is 40.2 Å². The molecule has 0 aromatic heterocycles. The summed E-state index contributed by atoms with van der Waals surface area (Å²) in [5, 5.41) is 12.1. The molecule has 0 aromatic rings. The van der Waals surface area contributed by atoms with Gasteiger partial charge in [0.1, 0.15) is 0 Å². The fraction of sp³-hybridized carbons (Fsp3) is 1.00. The Kier molecular flexibility index (Phi) is 7.04. The lowest BCUT2D eigenvalue weighted by Crippen LogP contribution is -2.76. The maximum absolute atomic E-state index is 3.34. The lowest BCUT2D eigenvalue weighted by Gasteiger charge is -2.46. The molecule has 0 amide bonds. The van der Waals surface area contributed by atoms with E-state index in [4.69, 9.17) is 0 Å². The standard InChI is InChI=1S/C10H27N5/c1-7-8-15(14-6)10(12-4,13-5)9(2)11-3/h9,11-14H,7-8H2,1-6H3. The van der Waals surface area contributed by atoms with Gasteiger partial charge in [-0.15, -0.1) is 0 Å². The monoisotopic (exact) mass is 217 g/mol. The number of hydrogen-bond donors (Lipinski definition) is 4. The van der Waals surface area contributed by atoms with Crippen molar-refractivity contribution in [2.24, 2.45) is 0 Å². The van der Waals surface area contributed by atoms with Crippen molar-refractivity contribution in [2.45, 2.75) is 32.1 Å². The molecule has 0 saturated heterocycles. The van der Waals surface area contributed by atoms with Crippen molar-refractivity contribution < 1.29 is 0 Å². The van der Waals surface area contributed by atoms with Gasteiger partial charge in [0.15, 0.2) is 5.79 Å². The van der Waals surface area contributed by atoms with Gasteiger partial charge in [0.25, 0.3) is 0 Å². The normalized spacial score (nSPS) is 14.6. The number of nitrogens with zero attached hydrogens (tertiary/aromatic N) is 1. The Morgan fingerprint density at radius 2 is 1.67 bits per heavy atom. The molecule has 1 unspecified atom stereocenters. The van der Waals surface area contributed by atoms with Crippen molar-refractivity contribution >= 4 is 0 Å². The first-order valence-corrected chi connectivity index (χ1v) is 5.63. The first kappa shape index (κ1) is 14.8. The van der Waals surface area contributed by atoms with Crippen molar-refractivity contribution in [3.63, 3.8) is 0 Å². The summed E-state index contributed by atoms with van der Waals surface area (Å²) in [6.07, 6.45) is 1.10. The molecule has 5 nitrogen and oxygen atoms in total. The van der Waals surface area contributed by atoms with Crippen molar-refractivity contribution in [2.75, 3.05) is 34.7 Å². The number of rotatable bonds is 8. The van der Waals surface area contributed by atoms with E-state index in [-0.39, 0.29) is 11.8 Å². The Bertz CT molecular complexity index is 158. The minimum absolute atomic E-state index is 0.270. The summed E-state index contributed by atoms with van der Waals surface area (Å²) < 4.78 is 0. The lowest BCUT2D eigenvalue weighted by atomic mass is 10.1. The minimum atomic E-state index is -0.278. The number of hydrazine groups is 1. The van der Waals surface area contributed by atoms with Crippen LogP contribution in [0.1, 0.15) is 20.3 Å². The Morgan fingerprint density at radius 1 is 1.13 bits per heavy atom.